The molecule has 0 saturated carbocycles. The summed E-state index contributed by atoms with van der Waals surface area (Å²) < 4.78 is 0. The molecule has 0 aromatic carbocycles. The highest BCUT2D eigenvalue weighted by molar-refractivity contribution is 5.81. The summed E-state index contributed by atoms with van der Waals surface area (Å²) in [7, 11) is 0. The average Bonchev–Trinajstić information content (AvgIpc) is 2.32. The molecular formula is C14H22N4O. The molecule has 0 bridgehead atoms. The van der Waals surface area contributed by atoms with Gasteiger partial charge in [0.25, 0.3) is 0 Å². The highest BCUT2D eigenvalue weighted by Crippen LogP contribution is 2.18. The van der Waals surface area contributed by atoms with Crippen molar-refractivity contribution in [1.29, 1.82) is 0 Å². The van der Waals surface area contributed by atoms with Crippen molar-refractivity contribution in [1.82, 2.24) is 15.3 Å². The van der Waals surface area contributed by atoms with E-state index in [2.05, 4.69) is 27.1 Å². The van der Waals surface area contributed by atoms with E-state index in [4.69, 9.17) is 0 Å². The van der Waals surface area contributed by atoms with Crippen molar-refractivity contribution in [3.63, 3.8) is 0 Å². The lowest BCUT2D eigenvalue weighted by Crippen LogP contribution is -2.61. The monoisotopic (exact) mass is 262 g/mol. The van der Waals surface area contributed by atoms with Crippen LogP contribution < -0.4 is 10.2 Å². The lowest BCUT2D eigenvalue weighted by molar-refractivity contribution is -0.129. The van der Waals surface area contributed by atoms with Crippen LogP contribution in [0.2, 0.25) is 0 Å². The first-order valence-corrected chi connectivity index (χ1v) is 6.77. The molecule has 1 amide bonds. The third kappa shape index (κ3) is 3.22. The number of anilines is 1. The van der Waals surface area contributed by atoms with E-state index >= 15 is 0 Å². The molecule has 1 saturated heterocycles. The van der Waals surface area contributed by atoms with Gasteiger partial charge in [-0.15, -0.1) is 0 Å². The largest absolute Gasteiger partial charge is 0.349 e. The fourth-order valence-corrected chi connectivity index (χ4v) is 1.83. The van der Waals surface area contributed by atoms with Crippen LogP contribution in [0.4, 0.5) is 5.95 Å². The SMILES string of the molecule is CCc1cnc(N2CC(NC(=O)C(C)(C)C)C2)nc1. The van der Waals surface area contributed by atoms with Crippen molar-refractivity contribution in [2.24, 2.45) is 5.41 Å². The van der Waals surface area contributed by atoms with E-state index in [9.17, 15) is 4.79 Å². The minimum atomic E-state index is -0.334. The third-order valence-electron chi connectivity index (χ3n) is 3.28. The number of aromatic nitrogens is 2. The molecule has 1 aromatic heterocycles. The Hall–Kier alpha value is -1.65. The molecule has 2 rings (SSSR count). The number of rotatable bonds is 3. The summed E-state index contributed by atoms with van der Waals surface area (Å²) in [6.45, 7) is 9.42. The molecule has 1 fully saturated rings. The Labute approximate surface area is 114 Å². The quantitative estimate of drug-likeness (QED) is 0.894. The summed E-state index contributed by atoms with van der Waals surface area (Å²) in [4.78, 5) is 22.6. The lowest BCUT2D eigenvalue weighted by atomic mass is 9.94. The van der Waals surface area contributed by atoms with Gasteiger partial charge in [0.1, 0.15) is 0 Å². The molecule has 2 heterocycles. The second-order valence-electron chi connectivity index (χ2n) is 6.07. The number of aryl methyl sites for hydroxylation is 1. The normalized spacial score (nSPS) is 16.1. The Morgan fingerprint density at radius 2 is 1.95 bits per heavy atom. The fraction of sp³-hybridized carbons (Fsp3) is 0.643. The smallest absolute Gasteiger partial charge is 0.225 e. The molecule has 5 nitrogen and oxygen atoms in total. The Kier molecular flexibility index (Phi) is 3.73. The van der Waals surface area contributed by atoms with Gasteiger partial charge in [-0.05, 0) is 12.0 Å². The molecule has 0 atom stereocenters. The Balaban J connectivity index is 1.84. The summed E-state index contributed by atoms with van der Waals surface area (Å²) in [6.07, 6.45) is 4.68. The predicted molar refractivity (Wildman–Crippen MR) is 75.0 cm³/mol. The van der Waals surface area contributed by atoms with Crippen LogP contribution >= 0.6 is 0 Å². The lowest BCUT2D eigenvalue weighted by Gasteiger charge is -2.40. The maximum absolute atomic E-state index is 11.8. The predicted octanol–water partition coefficient (Wildman–Crippen LogP) is 1.39. The summed E-state index contributed by atoms with van der Waals surface area (Å²) in [5, 5.41) is 3.04. The van der Waals surface area contributed by atoms with Gasteiger partial charge in [-0.2, -0.15) is 0 Å². The van der Waals surface area contributed by atoms with Crippen molar-refractivity contribution < 1.29 is 4.79 Å². The van der Waals surface area contributed by atoms with Gasteiger partial charge >= 0.3 is 0 Å². The minimum Gasteiger partial charge on any atom is -0.349 e. The van der Waals surface area contributed by atoms with Gasteiger partial charge < -0.3 is 10.2 Å². The van der Waals surface area contributed by atoms with Crippen LogP contribution in [0, 0.1) is 5.41 Å². The number of carbonyl (C=O) groups is 1. The highest BCUT2D eigenvalue weighted by Gasteiger charge is 2.32. The maximum atomic E-state index is 11.8. The van der Waals surface area contributed by atoms with E-state index < -0.39 is 0 Å². The van der Waals surface area contributed by atoms with Gasteiger partial charge in [-0.3, -0.25) is 4.79 Å². The fourth-order valence-electron chi connectivity index (χ4n) is 1.83. The van der Waals surface area contributed by atoms with Crippen molar-refractivity contribution in [3.05, 3.63) is 18.0 Å². The van der Waals surface area contributed by atoms with Crippen molar-refractivity contribution in [2.45, 2.75) is 40.2 Å². The molecular weight excluding hydrogens is 240 g/mol. The third-order valence-corrected chi connectivity index (χ3v) is 3.28. The molecule has 0 radical (unpaired) electrons. The maximum Gasteiger partial charge on any atom is 0.225 e. The second kappa shape index (κ2) is 5.15. The topological polar surface area (TPSA) is 58.1 Å². The first-order chi connectivity index (χ1) is 8.90. The van der Waals surface area contributed by atoms with Crippen LogP contribution in [0.25, 0.3) is 0 Å². The molecule has 1 aromatic rings. The molecule has 1 aliphatic rings. The number of amides is 1. The number of carbonyl (C=O) groups excluding carboxylic acids is 1. The molecule has 0 spiro atoms. The highest BCUT2D eigenvalue weighted by atomic mass is 16.2. The van der Waals surface area contributed by atoms with Gasteiger partial charge in [0, 0.05) is 30.9 Å². The number of hydrogen-bond donors (Lipinski definition) is 1. The van der Waals surface area contributed by atoms with Crippen molar-refractivity contribution in [3.8, 4) is 0 Å². The molecule has 0 unspecified atom stereocenters. The van der Waals surface area contributed by atoms with E-state index in [1.165, 1.54) is 0 Å². The van der Waals surface area contributed by atoms with Crippen LogP contribution in [0.3, 0.4) is 0 Å². The van der Waals surface area contributed by atoms with Crippen LogP contribution in [-0.2, 0) is 11.2 Å². The Bertz CT molecular complexity index is 444. The molecule has 19 heavy (non-hydrogen) atoms. The average molecular weight is 262 g/mol. The molecule has 1 aliphatic heterocycles. The molecule has 1 N–H and O–H groups in total. The van der Waals surface area contributed by atoms with Gasteiger partial charge in [0.15, 0.2) is 0 Å². The number of nitrogens with zero attached hydrogens (tertiary/aromatic N) is 3. The minimum absolute atomic E-state index is 0.0967. The van der Waals surface area contributed by atoms with E-state index in [0.29, 0.717) is 0 Å². The second-order valence-corrected chi connectivity index (χ2v) is 6.07. The van der Waals surface area contributed by atoms with Crippen molar-refractivity contribution >= 4 is 11.9 Å². The van der Waals surface area contributed by atoms with Crippen molar-refractivity contribution in [2.75, 3.05) is 18.0 Å². The van der Waals surface area contributed by atoms with E-state index in [1.807, 2.05) is 33.2 Å². The van der Waals surface area contributed by atoms with E-state index in [0.717, 1.165) is 31.0 Å². The van der Waals surface area contributed by atoms with Gasteiger partial charge in [0.2, 0.25) is 11.9 Å². The van der Waals surface area contributed by atoms with Crippen LogP contribution in [-0.4, -0.2) is 35.0 Å². The van der Waals surface area contributed by atoms with Crippen LogP contribution in [0.15, 0.2) is 12.4 Å². The Morgan fingerprint density at radius 3 is 2.42 bits per heavy atom. The number of nitrogens with one attached hydrogen (secondary N) is 1. The summed E-state index contributed by atoms with van der Waals surface area (Å²) in [5.74, 6) is 0.845. The first-order valence-electron chi connectivity index (χ1n) is 6.77. The zero-order valence-corrected chi connectivity index (χ0v) is 12.1. The number of hydrogen-bond acceptors (Lipinski definition) is 4. The molecule has 104 valence electrons. The van der Waals surface area contributed by atoms with Gasteiger partial charge in [-0.1, -0.05) is 27.7 Å². The molecule has 0 aliphatic carbocycles. The van der Waals surface area contributed by atoms with Gasteiger partial charge in [0.05, 0.1) is 6.04 Å². The van der Waals surface area contributed by atoms with Gasteiger partial charge in [-0.25, -0.2) is 9.97 Å². The van der Waals surface area contributed by atoms with E-state index in [1.54, 1.807) is 0 Å². The van der Waals surface area contributed by atoms with Crippen LogP contribution in [0.1, 0.15) is 33.3 Å². The van der Waals surface area contributed by atoms with Crippen LogP contribution in [0.5, 0.6) is 0 Å². The molecule has 5 heteroatoms. The standard InChI is InChI=1S/C14H22N4O/c1-5-10-6-15-13(16-7-10)18-8-11(9-18)17-12(19)14(2,3)4/h6-7,11H,5,8-9H2,1-4H3,(H,17,19). The Morgan fingerprint density at radius 1 is 1.37 bits per heavy atom. The summed E-state index contributed by atoms with van der Waals surface area (Å²) in [5.41, 5.74) is 0.807. The zero-order valence-electron chi connectivity index (χ0n) is 12.1. The van der Waals surface area contributed by atoms with E-state index in [-0.39, 0.29) is 17.4 Å². The summed E-state index contributed by atoms with van der Waals surface area (Å²) >= 11 is 0. The zero-order chi connectivity index (χ0) is 14.0. The summed E-state index contributed by atoms with van der Waals surface area (Å²) in [6, 6.07) is 0.209. The first kappa shape index (κ1) is 13.8.